The second-order valence-corrected chi connectivity index (χ2v) is 3.95. The second kappa shape index (κ2) is 3.79. The summed E-state index contributed by atoms with van der Waals surface area (Å²) in [6.07, 6.45) is 0. The molecular weight excluding hydrogens is 202 g/mol. The van der Waals surface area contributed by atoms with Crippen LogP contribution in [0.3, 0.4) is 0 Å². The number of carboxylic acids is 2. The van der Waals surface area contributed by atoms with E-state index in [0.717, 1.165) is 0 Å². The van der Waals surface area contributed by atoms with Gasteiger partial charge in [0.2, 0.25) is 0 Å². The van der Waals surface area contributed by atoms with E-state index in [2.05, 4.69) is 0 Å². The number of hydrogen-bond donors (Lipinski definition) is 2. The standard InChI is InChI=1S/C9H13NO5/c11-8(12)5-3-10-1-2-15-4-6(10)7(5)9(13)14/h5-7H,1-4H2,(H,11,12)(H,13,14)/t5-,6-,7-/m1/s1. The van der Waals surface area contributed by atoms with E-state index in [4.69, 9.17) is 14.9 Å². The van der Waals surface area contributed by atoms with Crippen LogP contribution in [0.2, 0.25) is 0 Å². The third kappa shape index (κ3) is 1.70. The van der Waals surface area contributed by atoms with E-state index in [9.17, 15) is 9.59 Å². The minimum absolute atomic E-state index is 0.280. The molecule has 2 saturated heterocycles. The van der Waals surface area contributed by atoms with E-state index < -0.39 is 23.8 Å². The lowest BCUT2D eigenvalue weighted by Crippen LogP contribution is -2.45. The molecule has 0 saturated carbocycles. The molecule has 0 unspecified atom stereocenters. The molecule has 0 aromatic rings. The first kappa shape index (κ1) is 10.4. The molecule has 3 atom stereocenters. The molecule has 15 heavy (non-hydrogen) atoms. The topological polar surface area (TPSA) is 87.1 Å². The Morgan fingerprint density at radius 3 is 2.60 bits per heavy atom. The molecule has 6 nitrogen and oxygen atoms in total. The molecule has 0 aromatic heterocycles. The highest BCUT2D eigenvalue weighted by molar-refractivity contribution is 5.81. The van der Waals surface area contributed by atoms with Crippen molar-refractivity contribution < 1.29 is 24.5 Å². The number of morpholine rings is 1. The van der Waals surface area contributed by atoms with Gasteiger partial charge in [-0.3, -0.25) is 14.5 Å². The fourth-order valence-electron chi connectivity index (χ4n) is 2.42. The fourth-order valence-corrected chi connectivity index (χ4v) is 2.42. The van der Waals surface area contributed by atoms with E-state index in [-0.39, 0.29) is 6.04 Å². The highest BCUT2D eigenvalue weighted by atomic mass is 16.5. The number of rotatable bonds is 2. The van der Waals surface area contributed by atoms with E-state index in [1.807, 2.05) is 4.90 Å². The summed E-state index contributed by atoms with van der Waals surface area (Å²) < 4.78 is 5.19. The van der Waals surface area contributed by atoms with Gasteiger partial charge in [-0.05, 0) is 0 Å². The zero-order valence-corrected chi connectivity index (χ0v) is 8.13. The monoisotopic (exact) mass is 215 g/mol. The normalized spacial score (nSPS) is 36.1. The van der Waals surface area contributed by atoms with Crippen molar-refractivity contribution in [2.24, 2.45) is 11.8 Å². The van der Waals surface area contributed by atoms with Crippen LogP contribution in [0, 0.1) is 11.8 Å². The third-order valence-electron chi connectivity index (χ3n) is 3.16. The largest absolute Gasteiger partial charge is 0.481 e. The molecule has 2 N–H and O–H groups in total. The summed E-state index contributed by atoms with van der Waals surface area (Å²) in [6.45, 7) is 1.81. The summed E-state index contributed by atoms with van der Waals surface area (Å²) in [7, 11) is 0. The SMILES string of the molecule is O=C(O)[C@H]1[C@H]2COCCN2C[C@H]1C(=O)O. The van der Waals surface area contributed by atoms with E-state index in [0.29, 0.717) is 26.3 Å². The summed E-state index contributed by atoms with van der Waals surface area (Å²) in [5, 5.41) is 18.0. The molecule has 2 heterocycles. The molecule has 2 aliphatic rings. The quantitative estimate of drug-likeness (QED) is 0.621. The molecule has 0 amide bonds. The molecule has 6 heteroatoms. The number of fused-ring (bicyclic) bond motifs is 1. The first-order chi connectivity index (χ1) is 7.11. The number of carbonyl (C=O) groups is 2. The Morgan fingerprint density at radius 2 is 2.00 bits per heavy atom. The van der Waals surface area contributed by atoms with Crippen LogP contribution in [-0.2, 0) is 14.3 Å². The van der Waals surface area contributed by atoms with Crippen molar-refractivity contribution in [3.63, 3.8) is 0 Å². The summed E-state index contributed by atoms with van der Waals surface area (Å²) >= 11 is 0. The number of nitrogens with zero attached hydrogens (tertiary/aromatic N) is 1. The van der Waals surface area contributed by atoms with Gasteiger partial charge in [0.15, 0.2) is 0 Å². The van der Waals surface area contributed by atoms with Crippen LogP contribution in [-0.4, -0.2) is 59.4 Å². The molecule has 0 bridgehead atoms. The Balaban J connectivity index is 2.21. The maximum Gasteiger partial charge on any atom is 0.309 e. The molecule has 84 valence electrons. The zero-order chi connectivity index (χ0) is 11.0. The Hall–Kier alpha value is -1.14. The zero-order valence-electron chi connectivity index (χ0n) is 8.13. The lowest BCUT2D eigenvalue weighted by molar-refractivity contribution is -0.153. The molecule has 2 aliphatic heterocycles. The van der Waals surface area contributed by atoms with E-state index in [1.165, 1.54) is 0 Å². The first-order valence-electron chi connectivity index (χ1n) is 4.88. The molecule has 0 aliphatic carbocycles. The minimum atomic E-state index is -1.04. The van der Waals surface area contributed by atoms with Crippen LogP contribution >= 0.6 is 0 Å². The molecule has 0 aromatic carbocycles. The van der Waals surface area contributed by atoms with Crippen molar-refractivity contribution in [1.82, 2.24) is 4.90 Å². The predicted octanol–water partition coefficient (Wildman–Crippen LogP) is -0.898. The Morgan fingerprint density at radius 1 is 1.27 bits per heavy atom. The number of carboxylic acid groups (broad SMARTS) is 2. The summed E-state index contributed by atoms with van der Waals surface area (Å²) in [4.78, 5) is 23.9. The van der Waals surface area contributed by atoms with Gasteiger partial charge in [0, 0.05) is 19.1 Å². The van der Waals surface area contributed by atoms with Crippen LogP contribution in [0.4, 0.5) is 0 Å². The Labute approximate surface area is 86.4 Å². The van der Waals surface area contributed by atoms with Crippen molar-refractivity contribution in [3.05, 3.63) is 0 Å². The van der Waals surface area contributed by atoms with Crippen LogP contribution < -0.4 is 0 Å². The van der Waals surface area contributed by atoms with Crippen LogP contribution in [0.15, 0.2) is 0 Å². The maximum absolute atomic E-state index is 11.0. The van der Waals surface area contributed by atoms with Crippen LogP contribution in [0.5, 0.6) is 0 Å². The van der Waals surface area contributed by atoms with Crippen molar-refractivity contribution >= 4 is 11.9 Å². The second-order valence-electron chi connectivity index (χ2n) is 3.95. The highest BCUT2D eigenvalue weighted by Gasteiger charge is 2.50. The van der Waals surface area contributed by atoms with Gasteiger partial charge in [-0.25, -0.2) is 0 Å². The summed E-state index contributed by atoms with van der Waals surface area (Å²) in [6, 6.07) is -0.280. The highest BCUT2D eigenvalue weighted by Crippen LogP contribution is 2.32. The van der Waals surface area contributed by atoms with Crippen molar-refractivity contribution in [1.29, 1.82) is 0 Å². The average molecular weight is 215 g/mol. The van der Waals surface area contributed by atoms with Gasteiger partial charge in [0.25, 0.3) is 0 Å². The van der Waals surface area contributed by atoms with Crippen LogP contribution in [0.25, 0.3) is 0 Å². The number of ether oxygens (including phenoxy) is 1. The van der Waals surface area contributed by atoms with Crippen LogP contribution in [0.1, 0.15) is 0 Å². The van der Waals surface area contributed by atoms with Gasteiger partial charge >= 0.3 is 11.9 Å². The van der Waals surface area contributed by atoms with Crippen molar-refractivity contribution in [2.45, 2.75) is 6.04 Å². The lowest BCUT2D eigenvalue weighted by Gasteiger charge is -2.30. The van der Waals surface area contributed by atoms with Gasteiger partial charge in [0.1, 0.15) is 0 Å². The van der Waals surface area contributed by atoms with Gasteiger partial charge in [-0.2, -0.15) is 0 Å². The molecule has 0 radical (unpaired) electrons. The molecule has 2 fully saturated rings. The number of hydrogen-bond acceptors (Lipinski definition) is 4. The first-order valence-corrected chi connectivity index (χ1v) is 4.88. The average Bonchev–Trinajstić information content (AvgIpc) is 2.56. The Kier molecular flexibility index (Phi) is 2.62. The summed E-state index contributed by atoms with van der Waals surface area (Å²) in [5.41, 5.74) is 0. The molecule has 2 rings (SSSR count). The van der Waals surface area contributed by atoms with Crippen molar-refractivity contribution in [2.75, 3.05) is 26.3 Å². The minimum Gasteiger partial charge on any atom is -0.481 e. The van der Waals surface area contributed by atoms with Gasteiger partial charge < -0.3 is 14.9 Å². The lowest BCUT2D eigenvalue weighted by atomic mass is 9.91. The van der Waals surface area contributed by atoms with E-state index >= 15 is 0 Å². The summed E-state index contributed by atoms with van der Waals surface area (Å²) in [5.74, 6) is -3.73. The van der Waals surface area contributed by atoms with Gasteiger partial charge in [-0.1, -0.05) is 0 Å². The van der Waals surface area contributed by atoms with Gasteiger partial charge in [-0.15, -0.1) is 0 Å². The number of aliphatic carboxylic acids is 2. The maximum atomic E-state index is 11.0. The smallest absolute Gasteiger partial charge is 0.309 e. The molecule has 0 spiro atoms. The fraction of sp³-hybridized carbons (Fsp3) is 0.778. The Bertz CT molecular complexity index is 292. The molecular formula is C9H13NO5. The van der Waals surface area contributed by atoms with E-state index in [1.54, 1.807) is 0 Å². The van der Waals surface area contributed by atoms with Gasteiger partial charge in [0.05, 0.1) is 25.0 Å². The van der Waals surface area contributed by atoms with Crippen molar-refractivity contribution in [3.8, 4) is 0 Å². The third-order valence-corrected chi connectivity index (χ3v) is 3.16. The predicted molar refractivity (Wildman–Crippen MR) is 48.4 cm³/mol.